The molecule has 4 nitrogen and oxygen atoms in total. The van der Waals surface area contributed by atoms with Crippen molar-refractivity contribution in [2.24, 2.45) is 10.9 Å². The highest BCUT2D eigenvalue weighted by Gasteiger charge is 2.11. The predicted octanol–water partition coefficient (Wildman–Crippen LogP) is 3.12. The molecule has 0 spiro atoms. The number of rotatable bonds is 6. The zero-order chi connectivity index (χ0) is 15.1. The fourth-order valence-corrected chi connectivity index (χ4v) is 3.33. The van der Waals surface area contributed by atoms with Gasteiger partial charge in [-0.2, -0.15) is 0 Å². The standard InChI is InChI=1S/C16H26N4S/c1-4-17-16(20-13-7-5-6-8-13)19-11-14-10-18-15(21-14)9-12(2)3/h5-6,10,12-13H,4,7-9,11H2,1-3H3,(H2,17,19,20). The molecule has 0 aliphatic heterocycles. The Bertz CT molecular complexity index is 482. The Morgan fingerprint density at radius 3 is 2.86 bits per heavy atom. The summed E-state index contributed by atoms with van der Waals surface area (Å²) in [7, 11) is 0. The minimum Gasteiger partial charge on any atom is -0.357 e. The Kier molecular flexibility index (Phi) is 6.23. The lowest BCUT2D eigenvalue weighted by atomic mass is 10.1. The molecule has 1 heterocycles. The summed E-state index contributed by atoms with van der Waals surface area (Å²) < 4.78 is 0. The van der Waals surface area contributed by atoms with Gasteiger partial charge in [0, 0.05) is 30.1 Å². The molecule has 1 aliphatic carbocycles. The molecule has 0 saturated carbocycles. The van der Waals surface area contributed by atoms with Crippen LogP contribution in [0.1, 0.15) is 43.5 Å². The predicted molar refractivity (Wildman–Crippen MR) is 90.8 cm³/mol. The van der Waals surface area contributed by atoms with Crippen molar-refractivity contribution in [2.75, 3.05) is 6.54 Å². The van der Waals surface area contributed by atoms with E-state index in [1.54, 1.807) is 11.3 Å². The first-order valence-electron chi connectivity index (χ1n) is 7.80. The third-order valence-electron chi connectivity index (χ3n) is 3.27. The number of aromatic nitrogens is 1. The maximum Gasteiger partial charge on any atom is 0.191 e. The second-order valence-electron chi connectivity index (χ2n) is 5.80. The molecule has 0 atom stereocenters. The Morgan fingerprint density at radius 2 is 2.19 bits per heavy atom. The van der Waals surface area contributed by atoms with Gasteiger partial charge in [0.15, 0.2) is 5.96 Å². The molecule has 1 aliphatic rings. The van der Waals surface area contributed by atoms with Crippen molar-refractivity contribution in [1.29, 1.82) is 0 Å². The van der Waals surface area contributed by atoms with E-state index in [-0.39, 0.29) is 0 Å². The highest BCUT2D eigenvalue weighted by molar-refractivity contribution is 7.11. The van der Waals surface area contributed by atoms with Crippen molar-refractivity contribution in [3.8, 4) is 0 Å². The van der Waals surface area contributed by atoms with Crippen LogP contribution >= 0.6 is 11.3 Å². The van der Waals surface area contributed by atoms with Crippen LogP contribution < -0.4 is 10.6 Å². The van der Waals surface area contributed by atoms with E-state index >= 15 is 0 Å². The van der Waals surface area contributed by atoms with Crippen molar-refractivity contribution >= 4 is 17.3 Å². The number of hydrogen-bond acceptors (Lipinski definition) is 3. The first kappa shape index (κ1) is 16.0. The van der Waals surface area contributed by atoms with Gasteiger partial charge in [-0.1, -0.05) is 26.0 Å². The van der Waals surface area contributed by atoms with Gasteiger partial charge >= 0.3 is 0 Å². The van der Waals surface area contributed by atoms with Gasteiger partial charge in [0.1, 0.15) is 0 Å². The summed E-state index contributed by atoms with van der Waals surface area (Å²) in [5.74, 6) is 1.56. The minimum atomic E-state index is 0.487. The average molecular weight is 306 g/mol. The van der Waals surface area contributed by atoms with Gasteiger partial charge in [0.2, 0.25) is 0 Å². The smallest absolute Gasteiger partial charge is 0.191 e. The highest BCUT2D eigenvalue weighted by atomic mass is 32.1. The molecule has 0 bridgehead atoms. The van der Waals surface area contributed by atoms with Crippen LogP contribution in [0, 0.1) is 5.92 Å². The van der Waals surface area contributed by atoms with E-state index in [0.717, 1.165) is 31.8 Å². The quantitative estimate of drug-likeness (QED) is 0.482. The topological polar surface area (TPSA) is 49.3 Å². The largest absolute Gasteiger partial charge is 0.357 e. The van der Waals surface area contributed by atoms with E-state index in [4.69, 9.17) is 0 Å². The summed E-state index contributed by atoms with van der Waals surface area (Å²) in [5.41, 5.74) is 0. The zero-order valence-corrected chi connectivity index (χ0v) is 14.0. The van der Waals surface area contributed by atoms with Crippen molar-refractivity contribution < 1.29 is 0 Å². The molecule has 2 N–H and O–H groups in total. The van der Waals surface area contributed by atoms with Crippen molar-refractivity contribution in [2.45, 2.75) is 52.6 Å². The number of nitrogens with one attached hydrogen (secondary N) is 2. The molecule has 21 heavy (non-hydrogen) atoms. The minimum absolute atomic E-state index is 0.487. The van der Waals surface area contributed by atoms with E-state index in [1.807, 2.05) is 6.20 Å². The first-order chi connectivity index (χ1) is 10.2. The second-order valence-corrected chi connectivity index (χ2v) is 7.00. The summed E-state index contributed by atoms with van der Waals surface area (Å²) in [4.78, 5) is 10.4. The van der Waals surface area contributed by atoms with Crippen LogP contribution in [-0.4, -0.2) is 23.5 Å². The maximum absolute atomic E-state index is 4.68. The number of aliphatic imine (C=N–C) groups is 1. The first-order valence-corrected chi connectivity index (χ1v) is 8.62. The zero-order valence-electron chi connectivity index (χ0n) is 13.2. The van der Waals surface area contributed by atoms with Gasteiger partial charge in [0.25, 0.3) is 0 Å². The van der Waals surface area contributed by atoms with Crippen LogP contribution in [-0.2, 0) is 13.0 Å². The van der Waals surface area contributed by atoms with Crippen LogP contribution in [0.2, 0.25) is 0 Å². The summed E-state index contributed by atoms with van der Waals surface area (Å²) in [5, 5.41) is 8.02. The summed E-state index contributed by atoms with van der Waals surface area (Å²) in [6, 6.07) is 0.487. The number of nitrogens with zero attached hydrogens (tertiary/aromatic N) is 2. The van der Waals surface area contributed by atoms with E-state index < -0.39 is 0 Å². The van der Waals surface area contributed by atoms with Crippen LogP contribution in [0.25, 0.3) is 0 Å². The van der Waals surface area contributed by atoms with Crippen LogP contribution in [0.15, 0.2) is 23.3 Å². The third-order valence-corrected chi connectivity index (χ3v) is 4.27. The SMILES string of the molecule is CCNC(=NCc1cnc(CC(C)C)s1)NC1CC=CC1. The molecule has 0 fully saturated rings. The van der Waals surface area contributed by atoms with Crippen molar-refractivity contribution in [3.05, 3.63) is 28.2 Å². The monoisotopic (exact) mass is 306 g/mol. The molecule has 0 saturated heterocycles. The lowest BCUT2D eigenvalue weighted by Crippen LogP contribution is -2.42. The van der Waals surface area contributed by atoms with E-state index in [0.29, 0.717) is 18.5 Å². The molecular weight excluding hydrogens is 280 g/mol. The Labute approximate surface area is 131 Å². The van der Waals surface area contributed by atoms with E-state index in [9.17, 15) is 0 Å². The molecule has 0 aromatic carbocycles. The lowest BCUT2D eigenvalue weighted by Gasteiger charge is -2.16. The fourth-order valence-electron chi connectivity index (χ4n) is 2.27. The molecule has 5 heteroatoms. The molecular formula is C16H26N4S. The Morgan fingerprint density at radius 1 is 1.43 bits per heavy atom. The summed E-state index contributed by atoms with van der Waals surface area (Å²) in [6.07, 6.45) is 9.64. The van der Waals surface area contributed by atoms with Crippen LogP contribution in [0.3, 0.4) is 0 Å². The number of hydrogen-bond donors (Lipinski definition) is 2. The van der Waals surface area contributed by atoms with Gasteiger partial charge in [-0.3, -0.25) is 0 Å². The number of thiazole rings is 1. The molecule has 2 rings (SSSR count). The van der Waals surface area contributed by atoms with Crippen molar-refractivity contribution in [1.82, 2.24) is 15.6 Å². The molecule has 0 amide bonds. The third kappa shape index (κ3) is 5.50. The number of guanidine groups is 1. The molecule has 0 radical (unpaired) electrons. The van der Waals surface area contributed by atoms with Gasteiger partial charge in [-0.25, -0.2) is 9.98 Å². The van der Waals surface area contributed by atoms with Crippen molar-refractivity contribution in [3.63, 3.8) is 0 Å². The Hall–Kier alpha value is -1.36. The van der Waals surface area contributed by atoms with Crippen LogP contribution in [0.4, 0.5) is 0 Å². The average Bonchev–Trinajstić information content (AvgIpc) is 3.07. The van der Waals surface area contributed by atoms with E-state index in [2.05, 4.69) is 53.5 Å². The van der Waals surface area contributed by atoms with E-state index in [1.165, 1.54) is 9.88 Å². The molecule has 116 valence electrons. The molecule has 0 unspecified atom stereocenters. The fraction of sp³-hybridized carbons (Fsp3) is 0.625. The Balaban J connectivity index is 1.90. The lowest BCUT2D eigenvalue weighted by molar-refractivity contribution is 0.633. The van der Waals surface area contributed by atoms with Gasteiger partial charge in [-0.15, -0.1) is 11.3 Å². The summed E-state index contributed by atoms with van der Waals surface area (Å²) >= 11 is 1.78. The highest BCUT2D eigenvalue weighted by Crippen LogP contribution is 2.17. The van der Waals surface area contributed by atoms with Gasteiger partial charge < -0.3 is 10.6 Å². The van der Waals surface area contributed by atoms with Crippen LogP contribution in [0.5, 0.6) is 0 Å². The maximum atomic E-state index is 4.68. The molecule has 1 aromatic heterocycles. The van der Waals surface area contributed by atoms with Gasteiger partial charge in [0.05, 0.1) is 11.6 Å². The van der Waals surface area contributed by atoms with Gasteiger partial charge in [-0.05, 0) is 25.7 Å². The summed E-state index contributed by atoms with van der Waals surface area (Å²) in [6.45, 7) is 8.13. The molecule has 1 aromatic rings. The normalized spacial score (nSPS) is 15.9. The second kappa shape index (κ2) is 8.17.